The molecule has 2 fully saturated rings. The number of carboxylic acid groups (broad SMARTS) is 1. The van der Waals surface area contributed by atoms with Gasteiger partial charge in [0, 0.05) is 24.9 Å². The number of carbonyl (C=O) groups excluding carboxylic acids is 2. The van der Waals surface area contributed by atoms with Gasteiger partial charge in [0.15, 0.2) is 0 Å². The van der Waals surface area contributed by atoms with Crippen molar-refractivity contribution >= 4 is 18.0 Å². The standard InChI is InChI=1S/C28H32N2O5/c1-16(12-24(31)30-26-18-11-10-17(13-18)25(26)27(32)33)14-29-28(34)35-15-23-21-8-4-2-6-19(21)20-7-3-5-9-22(20)23/h2-9,16-18,23,25-26H,10-15H2,1H3,(H,29,34)(H,30,31)(H,32,33). The van der Waals surface area contributed by atoms with Gasteiger partial charge < -0.3 is 20.5 Å². The summed E-state index contributed by atoms with van der Waals surface area (Å²) in [5, 5.41) is 15.3. The Balaban J connectivity index is 1.09. The smallest absolute Gasteiger partial charge is 0.407 e. The zero-order valence-corrected chi connectivity index (χ0v) is 19.9. The summed E-state index contributed by atoms with van der Waals surface area (Å²) in [6.07, 6.45) is 2.54. The van der Waals surface area contributed by atoms with Gasteiger partial charge in [0.25, 0.3) is 0 Å². The van der Waals surface area contributed by atoms with E-state index in [2.05, 4.69) is 34.9 Å². The molecule has 2 aromatic carbocycles. The Bertz CT molecular complexity index is 1090. The van der Waals surface area contributed by atoms with Gasteiger partial charge >= 0.3 is 12.1 Å². The third kappa shape index (κ3) is 4.64. The maximum absolute atomic E-state index is 12.6. The number of fused-ring (bicyclic) bond motifs is 5. The second-order valence-electron chi connectivity index (χ2n) is 10.3. The van der Waals surface area contributed by atoms with Gasteiger partial charge in [-0.25, -0.2) is 4.79 Å². The highest BCUT2D eigenvalue weighted by atomic mass is 16.5. The third-order valence-electron chi connectivity index (χ3n) is 8.00. The molecule has 7 nitrogen and oxygen atoms in total. The number of ether oxygens (including phenoxy) is 1. The van der Waals surface area contributed by atoms with Crippen LogP contribution in [0, 0.1) is 23.7 Å². The highest BCUT2D eigenvalue weighted by Gasteiger charge is 2.51. The summed E-state index contributed by atoms with van der Waals surface area (Å²) in [6, 6.07) is 16.1. The molecule has 7 heteroatoms. The van der Waals surface area contributed by atoms with Crippen molar-refractivity contribution in [1.29, 1.82) is 0 Å². The molecule has 5 rings (SSSR count). The van der Waals surface area contributed by atoms with Crippen LogP contribution in [-0.2, 0) is 14.3 Å². The molecule has 3 N–H and O–H groups in total. The number of alkyl carbamates (subject to hydrolysis) is 1. The molecule has 0 spiro atoms. The number of benzene rings is 2. The molecule has 35 heavy (non-hydrogen) atoms. The number of carbonyl (C=O) groups is 3. The lowest BCUT2D eigenvalue weighted by Gasteiger charge is -2.29. The molecular weight excluding hydrogens is 444 g/mol. The summed E-state index contributed by atoms with van der Waals surface area (Å²) in [7, 11) is 0. The quantitative estimate of drug-likeness (QED) is 0.531. The van der Waals surface area contributed by atoms with Crippen molar-refractivity contribution < 1.29 is 24.2 Å². The van der Waals surface area contributed by atoms with Gasteiger partial charge in [0.2, 0.25) is 5.91 Å². The van der Waals surface area contributed by atoms with Crippen LogP contribution >= 0.6 is 0 Å². The van der Waals surface area contributed by atoms with E-state index in [0.29, 0.717) is 6.54 Å². The molecule has 2 amide bonds. The van der Waals surface area contributed by atoms with Crippen molar-refractivity contribution in [1.82, 2.24) is 10.6 Å². The first-order chi connectivity index (χ1) is 16.9. The molecule has 2 aromatic rings. The van der Waals surface area contributed by atoms with Crippen LogP contribution in [0.1, 0.15) is 49.7 Å². The lowest BCUT2D eigenvalue weighted by atomic mass is 9.84. The highest BCUT2D eigenvalue weighted by Crippen LogP contribution is 2.48. The van der Waals surface area contributed by atoms with Crippen LogP contribution in [0.25, 0.3) is 11.1 Å². The number of aliphatic carboxylic acids is 1. The van der Waals surface area contributed by atoms with Crippen LogP contribution in [0.2, 0.25) is 0 Å². The van der Waals surface area contributed by atoms with Crippen molar-refractivity contribution in [3.8, 4) is 11.1 Å². The minimum absolute atomic E-state index is 0.000255. The van der Waals surface area contributed by atoms with E-state index in [1.807, 2.05) is 31.2 Å². The Labute approximate surface area is 205 Å². The van der Waals surface area contributed by atoms with Crippen LogP contribution in [0.3, 0.4) is 0 Å². The van der Waals surface area contributed by atoms with Crippen molar-refractivity contribution in [3.63, 3.8) is 0 Å². The molecule has 5 atom stereocenters. The highest BCUT2D eigenvalue weighted by molar-refractivity contribution is 5.80. The first kappa shape index (κ1) is 23.4. The Kier molecular flexibility index (Phi) is 6.50. The fourth-order valence-corrected chi connectivity index (χ4v) is 6.39. The molecule has 0 saturated heterocycles. The largest absolute Gasteiger partial charge is 0.481 e. The zero-order chi connectivity index (χ0) is 24.5. The fraction of sp³-hybridized carbons (Fsp3) is 0.464. The Morgan fingerprint density at radius 3 is 2.29 bits per heavy atom. The molecule has 0 aromatic heterocycles. The summed E-state index contributed by atoms with van der Waals surface area (Å²) in [5.41, 5.74) is 4.67. The summed E-state index contributed by atoms with van der Waals surface area (Å²) >= 11 is 0. The van der Waals surface area contributed by atoms with Crippen molar-refractivity contribution in [2.45, 2.75) is 44.6 Å². The van der Waals surface area contributed by atoms with Gasteiger partial charge in [-0.3, -0.25) is 9.59 Å². The maximum atomic E-state index is 12.6. The van der Waals surface area contributed by atoms with E-state index >= 15 is 0 Å². The van der Waals surface area contributed by atoms with E-state index in [1.165, 1.54) is 11.1 Å². The number of hydrogen-bond acceptors (Lipinski definition) is 4. The fourth-order valence-electron chi connectivity index (χ4n) is 6.39. The average Bonchev–Trinajstić information content (AvgIpc) is 3.53. The SMILES string of the molecule is CC(CNC(=O)OCC1c2ccccc2-c2ccccc21)CC(=O)NC1C2CCC(C2)C1C(=O)O. The van der Waals surface area contributed by atoms with Crippen LogP contribution in [0.4, 0.5) is 4.79 Å². The van der Waals surface area contributed by atoms with Gasteiger partial charge in [-0.1, -0.05) is 55.5 Å². The number of nitrogens with one attached hydrogen (secondary N) is 2. The minimum Gasteiger partial charge on any atom is -0.481 e. The predicted octanol–water partition coefficient (Wildman–Crippen LogP) is 4.17. The van der Waals surface area contributed by atoms with Crippen LogP contribution in [0.5, 0.6) is 0 Å². The van der Waals surface area contributed by atoms with E-state index in [0.717, 1.165) is 30.4 Å². The van der Waals surface area contributed by atoms with E-state index in [9.17, 15) is 19.5 Å². The van der Waals surface area contributed by atoms with Crippen LogP contribution < -0.4 is 10.6 Å². The average molecular weight is 477 g/mol. The molecule has 2 saturated carbocycles. The third-order valence-corrected chi connectivity index (χ3v) is 8.00. The summed E-state index contributed by atoms with van der Waals surface area (Å²) in [5.74, 6) is -1.11. The normalized spacial score (nSPS) is 24.9. The topological polar surface area (TPSA) is 105 Å². The predicted molar refractivity (Wildman–Crippen MR) is 131 cm³/mol. The molecule has 5 unspecified atom stereocenters. The van der Waals surface area contributed by atoms with Gasteiger partial charge in [-0.15, -0.1) is 0 Å². The summed E-state index contributed by atoms with van der Waals surface area (Å²) < 4.78 is 5.56. The molecule has 2 bridgehead atoms. The minimum atomic E-state index is -0.813. The summed E-state index contributed by atoms with van der Waals surface area (Å²) in [4.78, 5) is 36.6. The molecule has 184 valence electrons. The first-order valence-electron chi connectivity index (χ1n) is 12.5. The molecule has 3 aliphatic carbocycles. The van der Waals surface area contributed by atoms with Gasteiger partial charge in [0.1, 0.15) is 6.61 Å². The monoisotopic (exact) mass is 476 g/mol. The van der Waals surface area contributed by atoms with Gasteiger partial charge in [-0.05, 0) is 59.3 Å². The van der Waals surface area contributed by atoms with E-state index in [-0.39, 0.29) is 48.6 Å². The van der Waals surface area contributed by atoms with E-state index in [1.54, 1.807) is 0 Å². The van der Waals surface area contributed by atoms with E-state index in [4.69, 9.17) is 4.74 Å². The van der Waals surface area contributed by atoms with Gasteiger partial charge in [0.05, 0.1) is 5.92 Å². The number of carboxylic acids is 1. The maximum Gasteiger partial charge on any atom is 0.407 e. The lowest BCUT2D eigenvalue weighted by Crippen LogP contribution is -2.47. The Morgan fingerprint density at radius 2 is 1.63 bits per heavy atom. The molecular formula is C28H32N2O5. The Morgan fingerprint density at radius 1 is 1.00 bits per heavy atom. The molecule has 0 heterocycles. The second-order valence-corrected chi connectivity index (χ2v) is 10.3. The second kappa shape index (κ2) is 9.72. The number of rotatable bonds is 8. The van der Waals surface area contributed by atoms with Gasteiger partial charge in [-0.2, -0.15) is 0 Å². The molecule has 3 aliphatic rings. The van der Waals surface area contributed by atoms with Crippen molar-refractivity contribution in [2.75, 3.05) is 13.2 Å². The van der Waals surface area contributed by atoms with Crippen LogP contribution in [0.15, 0.2) is 48.5 Å². The number of hydrogen-bond donors (Lipinski definition) is 3. The summed E-state index contributed by atoms with van der Waals surface area (Å²) in [6.45, 7) is 2.44. The first-order valence-corrected chi connectivity index (χ1v) is 12.5. The van der Waals surface area contributed by atoms with Crippen molar-refractivity contribution in [2.24, 2.45) is 23.7 Å². The molecule has 0 aliphatic heterocycles. The van der Waals surface area contributed by atoms with E-state index < -0.39 is 18.0 Å². The van der Waals surface area contributed by atoms with Crippen LogP contribution in [-0.4, -0.2) is 42.3 Å². The molecule has 0 radical (unpaired) electrons. The van der Waals surface area contributed by atoms with Crippen molar-refractivity contribution in [3.05, 3.63) is 59.7 Å². The number of amides is 2. The lowest BCUT2D eigenvalue weighted by molar-refractivity contribution is -0.144. The zero-order valence-electron chi connectivity index (χ0n) is 19.9. The Hall–Kier alpha value is -3.35.